The monoisotopic (exact) mass is 419 g/mol. The molecule has 0 spiro atoms. The lowest BCUT2D eigenvalue weighted by molar-refractivity contribution is -0.144. The first kappa shape index (κ1) is 19.9. The SMILES string of the molecule is COc1ccc(-c2nc(CC(=O)OCc3cccc4ccccc34)cs2)cc1OC. The fraction of sp³-hybridized carbons (Fsp3) is 0.167. The van der Waals surface area contributed by atoms with Crippen LogP contribution in [-0.4, -0.2) is 25.2 Å². The summed E-state index contributed by atoms with van der Waals surface area (Å²) < 4.78 is 16.1. The Morgan fingerprint density at radius 3 is 2.60 bits per heavy atom. The second-order valence-corrected chi connectivity index (χ2v) is 7.55. The Hall–Kier alpha value is -3.38. The average Bonchev–Trinajstić information content (AvgIpc) is 3.25. The summed E-state index contributed by atoms with van der Waals surface area (Å²) in [6.45, 7) is 0.243. The molecule has 152 valence electrons. The third kappa shape index (κ3) is 4.28. The third-order valence-electron chi connectivity index (χ3n) is 4.78. The Morgan fingerprint density at radius 1 is 0.967 bits per heavy atom. The second-order valence-electron chi connectivity index (χ2n) is 6.69. The summed E-state index contributed by atoms with van der Waals surface area (Å²) in [5.74, 6) is 1.00. The maximum absolute atomic E-state index is 12.4. The first-order chi connectivity index (χ1) is 14.7. The summed E-state index contributed by atoms with van der Waals surface area (Å²) in [5, 5.41) is 4.92. The highest BCUT2D eigenvalue weighted by atomic mass is 32.1. The van der Waals surface area contributed by atoms with E-state index in [-0.39, 0.29) is 19.0 Å². The van der Waals surface area contributed by atoms with Crippen LogP contribution in [0.5, 0.6) is 11.5 Å². The predicted molar refractivity (Wildman–Crippen MR) is 118 cm³/mol. The summed E-state index contributed by atoms with van der Waals surface area (Å²) in [4.78, 5) is 16.9. The van der Waals surface area contributed by atoms with Crippen LogP contribution in [0.2, 0.25) is 0 Å². The molecule has 0 aliphatic rings. The molecule has 0 amide bonds. The number of carbonyl (C=O) groups is 1. The lowest BCUT2D eigenvalue weighted by Crippen LogP contribution is -2.08. The molecule has 30 heavy (non-hydrogen) atoms. The van der Waals surface area contributed by atoms with Crippen LogP contribution in [0.25, 0.3) is 21.3 Å². The van der Waals surface area contributed by atoms with Gasteiger partial charge in [-0.3, -0.25) is 4.79 Å². The van der Waals surface area contributed by atoms with Gasteiger partial charge < -0.3 is 14.2 Å². The van der Waals surface area contributed by atoms with Crippen molar-refractivity contribution in [2.45, 2.75) is 13.0 Å². The van der Waals surface area contributed by atoms with Gasteiger partial charge in [0.25, 0.3) is 0 Å². The number of methoxy groups -OCH3 is 2. The zero-order valence-corrected chi connectivity index (χ0v) is 17.6. The van der Waals surface area contributed by atoms with Gasteiger partial charge in [-0.1, -0.05) is 42.5 Å². The molecule has 5 nitrogen and oxygen atoms in total. The number of rotatable bonds is 7. The van der Waals surface area contributed by atoms with Crippen molar-refractivity contribution >= 4 is 28.1 Å². The minimum absolute atomic E-state index is 0.133. The molecule has 0 saturated heterocycles. The van der Waals surface area contributed by atoms with Crippen molar-refractivity contribution in [2.75, 3.05) is 14.2 Å². The largest absolute Gasteiger partial charge is 0.493 e. The number of thiazole rings is 1. The average molecular weight is 420 g/mol. The molecule has 0 radical (unpaired) electrons. The van der Waals surface area contributed by atoms with Crippen molar-refractivity contribution in [3.05, 3.63) is 77.3 Å². The highest BCUT2D eigenvalue weighted by Gasteiger charge is 2.13. The van der Waals surface area contributed by atoms with Gasteiger partial charge in [0.05, 0.1) is 26.3 Å². The Kier molecular flexibility index (Phi) is 5.95. The number of aromatic nitrogens is 1. The Labute approximate surface area is 178 Å². The van der Waals surface area contributed by atoms with Gasteiger partial charge >= 0.3 is 5.97 Å². The molecule has 4 aromatic rings. The van der Waals surface area contributed by atoms with E-state index in [2.05, 4.69) is 4.98 Å². The molecular weight excluding hydrogens is 398 g/mol. The first-order valence-electron chi connectivity index (χ1n) is 9.47. The van der Waals surface area contributed by atoms with E-state index in [1.54, 1.807) is 14.2 Å². The molecule has 0 fully saturated rings. The third-order valence-corrected chi connectivity index (χ3v) is 5.72. The Balaban J connectivity index is 1.42. The summed E-state index contributed by atoms with van der Waals surface area (Å²) in [5.41, 5.74) is 2.59. The van der Waals surface area contributed by atoms with E-state index in [0.29, 0.717) is 17.2 Å². The first-order valence-corrected chi connectivity index (χ1v) is 10.3. The Morgan fingerprint density at radius 2 is 1.77 bits per heavy atom. The van der Waals surface area contributed by atoms with Crippen LogP contribution in [0.15, 0.2) is 66.0 Å². The van der Waals surface area contributed by atoms with Gasteiger partial charge in [-0.15, -0.1) is 11.3 Å². The molecule has 6 heteroatoms. The number of benzene rings is 3. The molecule has 0 atom stereocenters. The van der Waals surface area contributed by atoms with E-state index in [1.165, 1.54) is 11.3 Å². The standard InChI is InChI=1S/C24H21NO4S/c1-27-21-11-10-17(12-22(21)28-2)24-25-19(15-30-24)13-23(26)29-14-18-8-5-7-16-6-3-4-9-20(16)18/h3-12,15H,13-14H2,1-2H3. The maximum Gasteiger partial charge on any atom is 0.312 e. The fourth-order valence-electron chi connectivity index (χ4n) is 3.27. The molecule has 0 bridgehead atoms. The van der Waals surface area contributed by atoms with Crippen LogP contribution in [0, 0.1) is 0 Å². The van der Waals surface area contributed by atoms with E-state index in [0.717, 1.165) is 26.9 Å². The Bertz CT molecular complexity index is 1180. The van der Waals surface area contributed by atoms with Crippen molar-refractivity contribution in [1.29, 1.82) is 0 Å². The quantitative estimate of drug-likeness (QED) is 0.382. The highest BCUT2D eigenvalue weighted by Crippen LogP contribution is 2.33. The van der Waals surface area contributed by atoms with Gasteiger partial charge in [-0.05, 0) is 34.5 Å². The molecule has 0 N–H and O–H groups in total. The number of ether oxygens (including phenoxy) is 3. The van der Waals surface area contributed by atoms with Gasteiger partial charge in [0.15, 0.2) is 11.5 Å². The van der Waals surface area contributed by atoms with Gasteiger partial charge in [-0.25, -0.2) is 4.98 Å². The number of nitrogens with zero attached hydrogens (tertiary/aromatic N) is 1. The van der Waals surface area contributed by atoms with E-state index >= 15 is 0 Å². The van der Waals surface area contributed by atoms with E-state index in [1.807, 2.05) is 66.0 Å². The van der Waals surface area contributed by atoms with E-state index < -0.39 is 0 Å². The lowest BCUT2D eigenvalue weighted by Gasteiger charge is -2.08. The topological polar surface area (TPSA) is 57.7 Å². The fourth-order valence-corrected chi connectivity index (χ4v) is 4.08. The summed E-state index contributed by atoms with van der Waals surface area (Å²) in [6.07, 6.45) is 0.133. The number of hydrogen-bond acceptors (Lipinski definition) is 6. The van der Waals surface area contributed by atoms with Crippen LogP contribution in [0.1, 0.15) is 11.3 Å². The van der Waals surface area contributed by atoms with E-state index in [4.69, 9.17) is 14.2 Å². The van der Waals surface area contributed by atoms with Crippen molar-refractivity contribution in [2.24, 2.45) is 0 Å². The highest BCUT2D eigenvalue weighted by molar-refractivity contribution is 7.13. The zero-order valence-electron chi connectivity index (χ0n) is 16.8. The second kappa shape index (κ2) is 8.97. The molecule has 3 aromatic carbocycles. The molecule has 0 saturated carbocycles. The van der Waals surface area contributed by atoms with Crippen LogP contribution in [-0.2, 0) is 22.6 Å². The number of esters is 1. The van der Waals surface area contributed by atoms with Crippen molar-refractivity contribution in [3.8, 4) is 22.1 Å². The van der Waals surface area contributed by atoms with Crippen molar-refractivity contribution in [1.82, 2.24) is 4.98 Å². The predicted octanol–water partition coefficient (Wildman–Crippen LogP) is 5.27. The normalized spacial score (nSPS) is 10.7. The molecule has 0 unspecified atom stereocenters. The minimum atomic E-state index is -0.299. The van der Waals surface area contributed by atoms with E-state index in [9.17, 15) is 4.79 Å². The summed E-state index contributed by atoms with van der Waals surface area (Å²) >= 11 is 1.48. The van der Waals surface area contributed by atoms with Gasteiger partial charge in [0.1, 0.15) is 11.6 Å². The van der Waals surface area contributed by atoms with Crippen LogP contribution >= 0.6 is 11.3 Å². The smallest absolute Gasteiger partial charge is 0.312 e. The number of carbonyl (C=O) groups excluding carboxylic acids is 1. The van der Waals surface area contributed by atoms with Crippen LogP contribution in [0.4, 0.5) is 0 Å². The number of fused-ring (bicyclic) bond motifs is 1. The van der Waals surface area contributed by atoms with Crippen molar-refractivity contribution in [3.63, 3.8) is 0 Å². The summed E-state index contributed by atoms with van der Waals surface area (Å²) in [7, 11) is 3.20. The molecule has 0 aliphatic heterocycles. The van der Waals surface area contributed by atoms with Gasteiger partial charge in [0.2, 0.25) is 0 Å². The molecular formula is C24H21NO4S. The molecule has 0 aliphatic carbocycles. The van der Waals surface area contributed by atoms with Gasteiger partial charge in [-0.2, -0.15) is 0 Å². The lowest BCUT2D eigenvalue weighted by atomic mass is 10.1. The van der Waals surface area contributed by atoms with Crippen molar-refractivity contribution < 1.29 is 19.0 Å². The molecule has 1 aromatic heterocycles. The number of hydrogen-bond donors (Lipinski definition) is 0. The zero-order chi connectivity index (χ0) is 20.9. The van der Waals surface area contributed by atoms with Crippen LogP contribution in [0.3, 0.4) is 0 Å². The van der Waals surface area contributed by atoms with Crippen LogP contribution < -0.4 is 9.47 Å². The van der Waals surface area contributed by atoms with Gasteiger partial charge in [0, 0.05) is 10.9 Å². The molecule has 1 heterocycles. The minimum Gasteiger partial charge on any atom is -0.493 e. The summed E-state index contributed by atoms with van der Waals surface area (Å²) in [6, 6.07) is 19.7. The maximum atomic E-state index is 12.4. The molecule has 4 rings (SSSR count).